The third-order valence-corrected chi connectivity index (χ3v) is 6.97. The second-order valence-corrected chi connectivity index (χ2v) is 9.75. The van der Waals surface area contributed by atoms with Gasteiger partial charge < -0.3 is 9.47 Å². The molecule has 0 N–H and O–H groups in total. The molecular weight excluding hydrogens is 442 g/mol. The Morgan fingerprint density at radius 1 is 1.21 bits per heavy atom. The molecule has 0 spiro atoms. The molecule has 0 radical (unpaired) electrons. The van der Waals surface area contributed by atoms with E-state index in [0.717, 1.165) is 18.4 Å². The molecule has 8 heteroatoms. The maximum atomic E-state index is 13.4. The Balaban J connectivity index is 2.43. The van der Waals surface area contributed by atoms with E-state index in [9.17, 15) is 18.5 Å². The number of hydrogen-bond donors (Lipinski definition) is 0. The molecule has 0 saturated heterocycles. The number of unbranched alkanes of at least 4 members (excludes halogenated alkanes) is 1. The molecule has 1 atom stereocenters. The van der Waals surface area contributed by atoms with Gasteiger partial charge in [-0.3, -0.25) is 10.1 Å². The van der Waals surface area contributed by atoms with E-state index in [1.54, 1.807) is 25.3 Å². The van der Waals surface area contributed by atoms with Gasteiger partial charge in [-0.2, -0.15) is 0 Å². The van der Waals surface area contributed by atoms with Crippen LogP contribution in [-0.2, 0) is 21.0 Å². The van der Waals surface area contributed by atoms with Gasteiger partial charge in [-0.1, -0.05) is 38.1 Å². The van der Waals surface area contributed by atoms with Gasteiger partial charge in [0.25, 0.3) is 5.69 Å². The summed E-state index contributed by atoms with van der Waals surface area (Å²) in [6, 6.07) is 11.1. The molecule has 0 amide bonds. The van der Waals surface area contributed by atoms with E-state index in [0.29, 0.717) is 23.3 Å². The Morgan fingerprint density at radius 2 is 1.91 bits per heavy atom. The number of methoxy groups -OCH3 is 1. The number of nitro groups is 1. The molecule has 178 valence electrons. The average Bonchev–Trinajstić information content (AvgIpc) is 2.80. The number of sulfone groups is 1. The van der Waals surface area contributed by atoms with Gasteiger partial charge in [-0.25, -0.2) is 8.42 Å². The zero-order valence-corrected chi connectivity index (χ0v) is 20.1. The SMILES string of the molecule is C=CC(C)O/C=C(\CCCC)CS(=O)(=O)c1ccc([N+](=O)[O-])cc1Cc1ccc(OC)cc1. The summed E-state index contributed by atoms with van der Waals surface area (Å²) in [5.41, 5.74) is 1.70. The lowest BCUT2D eigenvalue weighted by Crippen LogP contribution is -2.13. The monoisotopic (exact) mass is 473 g/mol. The van der Waals surface area contributed by atoms with Crippen molar-refractivity contribution in [3.63, 3.8) is 0 Å². The lowest BCUT2D eigenvalue weighted by molar-refractivity contribution is -0.385. The number of rotatable bonds is 13. The molecule has 0 aliphatic heterocycles. The van der Waals surface area contributed by atoms with E-state index in [4.69, 9.17) is 9.47 Å². The highest BCUT2D eigenvalue weighted by Gasteiger charge is 2.23. The van der Waals surface area contributed by atoms with Crippen LogP contribution in [0.5, 0.6) is 5.75 Å². The minimum absolute atomic E-state index is 0.0862. The average molecular weight is 474 g/mol. The van der Waals surface area contributed by atoms with Crippen LogP contribution in [0.2, 0.25) is 0 Å². The van der Waals surface area contributed by atoms with Crippen LogP contribution < -0.4 is 4.74 Å². The van der Waals surface area contributed by atoms with Crippen molar-refractivity contribution >= 4 is 15.5 Å². The van der Waals surface area contributed by atoms with E-state index in [1.807, 2.05) is 26.0 Å². The van der Waals surface area contributed by atoms with Crippen LogP contribution >= 0.6 is 0 Å². The van der Waals surface area contributed by atoms with Crippen LogP contribution in [0.15, 0.2) is 71.9 Å². The predicted octanol–water partition coefficient (Wildman–Crippen LogP) is 5.63. The second kappa shape index (κ2) is 12.2. The summed E-state index contributed by atoms with van der Waals surface area (Å²) in [6.07, 6.45) is 5.45. The molecule has 0 bridgehead atoms. The van der Waals surface area contributed by atoms with Crippen LogP contribution in [0, 0.1) is 10.1 Å². The number of nitrogens with zero attached hydrogens (tertiary/aromatic N) is 1. The molecule has 0 saturated carbocycles. The van der Waals surface area contributed by atoms with Gasteiger partial charge in [-0.05, 0) is 61.1 Å². The fraction of sp³-hybridized carbons (Fsp3) is 0.360. The van der Waals surface area contributed by atoms with E-state index >= 15 is 0 Å². The first-order chi connectivity index (χ1) is 15.7. The Morgan fingerprint density at radius 3 is 2.48 bits per heavy atom. The minimum atomic E-state index is -3.77. The van der Waals surface area contributed by atoms with E-state index in [2.05, 4.69) is 6.58 Å². The van der Waals surface area contributed by atoms with Crippen molar-refractivity contribution in [2.75, 3.05) is 12.9 Å². The van der Waals surface area contributed by atoms with Gasteiger partial charge in [-0.15, -0.1) is 0 Å². The van der Waals surface area contributed by atoms with Gasteiger partial charge in [0, 0.05) is 12.1 Å². The quantitative estimate of drug-likeness (QED) is 0.162. The molecule has 2 aromatic rings. The Kier molecular flexibility index (Phi) is 9.66. The number of hydrogen-bond acceptors (Lipinski definition) is 6. The maximum absolute atomic E-state index is 13.4. The lowest BCUT2D eigenvalue weighted by atomic mass is 10.0. The van der Waals surface area contributed by atoms with Crippen LogP contribution in [0.4, 0.5) is 5.69 Å². The molecule has 1 unspecified atom stereocenters. The summed E-state index contributed by atoms with van der Waals surface area (Å²) in [4.78, 5) is 10.9. The van der Waals surface area contributed by atoms with Crippen molar-refractivity contribution in [2.45, 2.75) is 50.5 Å². The Labute approximate surface area is 195 Å². The van der Waals surface area contributed by atoms with Gasteiger partial charge in [0.15, 0.2) is 9.84 Å². The van der Waals surface area contributed by atoms with E-state index in [-0.39, 0.29) is 28.9 Å². The van der Waals surface area contributed by atoms with Crippen molar-refractivity contribution in [3.05, 3.63) is 88.2 Å². The molecular formula is C25H31NO6S. The molecule has 0 aliphatic carbocycles. The summed E-state index contributed by atoms with van der Waals surface area (Å²) in [5, 5.41) is 11.3. The summed E-state index contributed by atoms with van der Waals surface area (Å²) < 4.78 is 37.6. The van der Waals surface area contributed by atoms with Crippen molar-refractivity contribution in [3.8, 4) is 5.75 Å². The van der Waals surface area contributed by atoms with Crippen molar-refractivity contribution in [1.29, 1.82) is 0 Å². The zero-order chi connectivity index (χ0) is 24.4. The number of non-ortho nitro benzene ring substituents is 1. The van der Waals surface area contributed by atoms with Crippen LogP contribution in [0.3, 0.4) is 0 Å². The fourth-order valence-electron chi connectivity index (χ4n) is 3.23. The van der Waals surface area contributed by atoms with Crippen LogP contribution in [-0.4, -0.2) is 32.3 Å². The largest absolute Gasteiger partial charge is 0.497 e. The lowest BCUT2D eigenvalue weighted by Gasteiger charge is -2.14. The highest BCUT2D eigenvalue weighted by molar-refractivity contribution is 7.91. The Hall–Kier alpha value is -3.13. The second-order valence-electron chi connectivity index (χ2n) is 7.79. The third kappa shape index (κ3) is 7.75. The van der Waals surface area contributed by atoms with Gasteiger partial charge in [0.2, 0.25) is 0 Å². The first-order valence-electron chi connectivity index (χ1n) is 10.8. The topological polar surface area (TPSA) is 95.7 Å². The molecule has 33 heavy (non-hydrogen) atoms. The van der Waals surface area contributed by atoms with Gasteiger partial charge >= 0.3 is 0 Å². The summed E-state index contributed by atoms with van der Waals surface area (Å²) >= 11 is 0. The summed E-state index contributed by atoms with van der Waals surface area (Å²) in [5.74, 6) is 0.453. The number of benzene rings is 2. The standard InChI is InChI=1S/C25H31NO6S/c1-5-7-8-21(17-32-19(3)6-2)18-33(29,30)25-14-11-23(26(27)28)16-22(25)15-20-9-12-24(31-4)13-10-20/h6,9-14,16-17,19H,2,5,7-8,15,18H2,1,3-4H3/b21-17+. The smallest absolute Gasteiger partial charge is 0.269 e. The molecule has 0 aliphatic rings. The van der Waals surface area contributed by atoms with Gasteiger partial charge in [0.1, 0.15) is 11.9 Å². The van der Waals surface area contributed by atoms with Crippen molar-refractivity contribution in [1.82, 2.24) is 0 Å². The number of ether oxygens (including phenoxy) is 2. The van der Waals surface area contributed by atoms with Crippen molar-refractivity contribution in [2.24, 2.45) is 0 Å². The van der Waals surface area contributed by atoms with Crippen LogP contribution in [0.1, 0.15) is 44.2 Å². The molecule has 2 rings (SSSR count). The fourth-order valence-corrected chi connectivity index (χ4v) is 4.90. The van der Waals surface area contributed by atoms with Crippen molar-refractivity contribution < 1.29 is 22.8 Å². The molecule has 7 nitrogen and oxygen atoms in total. The molecule has 0 fully saturated rings. The zero-order valence-electron chi connectivity index (χ0n) is 19.3. The summed E-state index contributed by atoms with van der Waals surface area (Å²) in [7, 11) is -2.21. The third-order valence-electron chi connectivity index (χ3n) is 5.15. The molecule has 0 heterocycles. The van der Waals surface area contributed by atoms with E-state index < -0.39 is 14.8 Å². The maximum Gasteiger partial charge on any atom is 0.269 e. The molecule has 2 aromatic carbocycles. The van der Waals surface area contributed by atoms with Gasteiger partial charge in [0.05, 0.1) is 28.9 Å². The highest BCUT2D eigenvalue weighted by atomic mass is 32.2. The number of nitro benzene ring substituents is 1. The summed E-state index contributed by atoms with van der Waals surface area (Å²) in [6.45, 7) is 7.52. The predicted molar refractivity (Wildman–Crippen MR) is 129 cm³/mol. The van der Waals surface area contributed by atoms with Crippen LogP contribution in [0.25, 0.3) is 0 Å². The normalized spacial score (nSPS) is 12.8. The Bertz CT molecular complexity index is 1090. The first-order valence-corrected chi connectivity index (χ1v) is 12.4. The van der Waals surface area contributed by atoms with E-state index in [1.165, 1.54) is 24.5 Å². The minimum Gasteiger partial charge on any atom is -0.497 e. The molecule has 0 aromatic heterocycles. The highest BCUT2D eigenvalue weighted by Crippen LogP contribution is 2.28. The first kappa shape index (κ1) is 26.1.